The molecule has 0 saturated heterocycles. The van der Waals surface area contributed by atoms with Crippen LogP contribution in [0.25, 0.3) is 0 Å². The van der Waals surface area contributed by atoms with Crippen molar-refractivity contribution in [3.8, 4) is 5.75 Å². The Bertz CT molecular complexity index is 339. The summed E-state index contributed by atoms with van der Waals surface area (Å²) in [6.07, 6.45) is 0. The average molecular weight is 236 g/mol. The molecule has 2 atom stereocenters. The van der Waals surface area contributed by atoms with E-state index in [0.29, 0.717) is 13.2 Å². The Labute approximate surface area is 102 Å². The second-order valence-corrected chi connectivity index (χ2v) is 4.10. The molecule has 0 aliphatic heterocycles. The van der Waals surface area contributed by atoms with E-state index in [4.69, 9.17) is 10.5 Å². The van der Waals surface area contributed by atoms with Gasteiger partial charge in [0.1, 0.15) is 12.4 Å². The van der Waals surface area contributed by atoms with Crippen LogP contribution < -0.4 is 15.8 Å². The van der Waals surface area contributed by atoms with Crippen LogP contribution in [0.15, 0.2) is 30.3 Å². The van der Waals surface area contributed by atoms with E-state index in [1.807, 2.05) is 44.2 Å². The first kappa shape index (κ1) is 13.5. The van der Waals surface area contributed by atoms with Gasteiger partial charge in [-0.2, -0.15) is 0 Å². The van der Waals surface area contributed by atoms with Crippen LogP contribution in [0, 0.1) is 5.92 Å². The number of amides is 1. The fraction of sp³-hybridized carbons (Fsp3) is 0.462. The molecule has 94 valence electrons. The van der Waals surface area contributed by atoms with Crippen molar-refractivity contribution < 1.29 is 9.53 Å². The number of hydrogen-bond acceptors (Lipinski definition) is 3. The Balaban J connectivity index is 2.18. The Kier molecular flexibility index (Phi) is 5.49. The molecule has 3 N–H and O–H groups in total. The summed E-state index contributed by atoms with van der Waals surface area (Å²) in [6, 6.07) is 9.38. The fourth-order valence-electron chi connectivity index (χ4n) is 1.26. The second-order valence-electron chi connectivity index (χ2n) is 4.10. The second kappa shape index (κ2) is 6.91. The monoisotopic (exact) mass is 236 g/mol. The highest BCUT2D eigenvalue weighted by atomic mass is 16.5. The lowest BCUT2D eigenvalue weighted by atomic mass is 10.0. The van der Waals surface area contributed by atoms with Crippen LogP contribution in [-0.2, 0) is 4.79 Å². The third kappa shape index (κ3) is 4.87. The molecular weight excluding hydrogens is 216 g/mol. The molecule has 1 aromatic carbocycles. The number of carbonyl (C=O) groups is 1. The predicted molar refractivity (Wildman–Crippen MR) is 67.8 cm³/mol. The van der Waals surface area contributed by atoms with Crippen molar-refractivity contribution in [1.29, 1.82) is 0 Å². The standard InChI is InChI=1S/C13H20N2O2/c1-10(11(2)14)13(16)15-8-9-17-12-6-4-3-5-7-12/h3-7,10-11H,8-9,14H2,1-2H3,(H,15,16). The zero-order valence-electron chi connectivity index (χ0n) is 10.3. The molecule has 17 heavy (non-hydrogen) atoms. The number of hydrogen-bond donors (Lipinski definition) is 2. The largest absolute Gasteiger partial charge is 0.492 e. The summed E-state index contributed by atoms with van der Waals surface area (Å²) in [5, 5.41) is 2.79. The molecule has 4 nitrogen and oxygen atoms in total. The van der Waals surface area contributed by atoms with Crippen LogP contribution in [0.1, 0.15) is 13.8 Å². The summed E-state index contributed by atoms with van der Waals surface area (Å²) < 4.78 is 5.45. The molecule has 0 heterocycles. The summed E-state index contributed by atoms with van der Waals surface area (Å²) >= 11 is 0. The first-order valence-electron chi connectivity index (χ1n) is 5.82. The highest BCUT2D eigenvalue weighted by Crippen LogP contribution is 2.07. The van der Waals surface area contributed by atoms with Crippen molar-refractivity contribution in [2.45, 2.75) is 19.9 Å². The van der Waals surface area contributed by atoms with Crippen LogP contribution in [0.5, 0.6) is 5.75 Å². The van der Waals surface area contributed by atoms with Gasteiger partial charge in [-0.25, -0.2) is 0 Å². The number of ether oxygens (including phenoxy) is 1. The molecule has 0 spiro atoms. The number of nitrogens with one attached hydrogen (secondary N) is 1. The number of rotatable bonds is 6. The fourth-order valence-corrected chi connectivity index (χ4v) is 1.26. The Hall–Kier alpha value is -1.55. The maximum atomic E-state index is 11.5. The van der Waals surface area contributed by atoms with Crippen molar-refractivity contribution >= 4 is 5.91 Å². The van der Waals surface area contributed by atoms with Crippen LogP contribution in [-0.4, -0.2) is 25.1 Å². The van der Waals surface area contributed by atoms with Gasteiger partial charge in [0.2, 0.25) is 5.91 Å². The SMILES string of the molecule is CC(N)C(C)C(=O)NCCOc1ccccc1. The average Bonchev–Trinajstić information content (AvgIpc) is 2.34. The molecular formula is C13H20N2O2. The molecule has 1 amide bonds. The summed E-state index contributed by atoms with van der Waals surface area (Å²) in [5.41, 5.74) is 5.64. The van der Waals surface area contributed by atoms with Gasteiger partial charge in [0, 0.05) is 12.0 Å². The maximum absolute atomic E-state index is 11.5. The Morgan fingerprint density at radius 2 is 2.00 bits per heavy atom. The predicted octanol–water partition coefficient (Wildman–Crippen LogP) is 1.16. The lowest BCUT2D eigenvalue weighted by Gasteiger charge is -2.15. The van der Waals surface area contributed by atoms with E-state index in [-0.39, 0.29) is 17.9 Å². The van der Waals surface area contributed by atoms with Gasteiger partial charge in [0.15, 0.2) is 0 Å². The number of carbonyl (C=O) groups excluding carboxylic acids is 1. The maximum Gasteiger partial charge on any atom is 0.224 e. The van der Waals surface area contributed by atoms with E-state index in [9.17, 15) is 4.79 Å². The summed E-state index contributed by atoms with van der Waals surface area (Å²) in [7, 11) is 0. The minimum atomic E-state index is -0.174. The van der Waals surface area contributed by atoms with E-state index >= 15 is 0 Å². The molecule has 0 radical (unpaired) electrons. The molecule has 0 aliphatic carbocycles. The molecule has 0 bridgehead atoms. The topological polar surface area (TPSA) is 64.4 Å². The first-order valence-corrected chi connectivity index (χ1v) is 5.82. The quantitative estimate of drug-likeness (QED) is 0.729. The zero-order chi connectivity index (χ0) is 12.7. The summed E-state index contributed by atoms with van der Waals surface area (Å²) in [6.45, 7) is 4.59. The van der Waals surface area contributed by atoms with Crippen LogP contribution in [0.3, 0.4) is 0 Å². The van der Waals surface area contributed by atoms with Gasteiger partial charge >= 0.3 is 0 Å². The lowest BCUT2D eigenvalue weighted by molar-refractivity contribution is -0.125. The highest BCUT2D eigenvalue weighted by Gasteiger charge is 2.15. The van der Waals surface area contributed by atoms with Crippen LogP contribution >= 0.6 is 0 Å². The van der Waals surface area contributed by atoms with E-state index in [2.05, 4.69) is 5.32 Å². The third-order valence-electron chi connectivity index (χ3n) is 2.62. The lowest BCUT2D eigenvalue weighted by Crippen LogP contribution is -2.40. The van der Waals surface area contributed by atoms with Crippen molar-refractivity contribution in [2.24, 2.45) is 11.7 Å². The van der Waals surface area contributed by atoms with Gasteiger partial charge < -0.3 is 15.8 Å². The third-order valence-corrected chi connectivity index (χ3v) is 2.62. The smallest absolute Gasteiger partial charge is 0.224 e. The van der Waals surface area contributed by atoms with Crippen LogP contribution in [0.2, 0.25) is 0 Å². The van der Waals surface area contributed by atoms with Crippen molar-refractivity contribution in [1.82, 2.24) is 5.32 Å². The van der Waals surface area contributed by atoms with Gasteiger partial charge in [0.05, 0.1) is 6.54 Å². The van der Waals surface area contributed by atoms with Gasteiger partial charge in [-0.15, -0.1) is 0 Å². The van der Waals surface area contributed by atoms with Crippen molar-refractivity contribution in [2.75, 3.05) is 13.2 Å². The molecule has 0 aliphatic rings. The molecule has 2 unspecified atom stereocenters. The molecule has 4 heteroatoms. The van der Waals surface area contributed by atoms with Gasteiger partial charge in [-0.05, 0) is 19.1 Å². The van der Waals surface area contributed by atoms with E-state index in [1.165, 1.54) is 0 Å². The number of benzene rings is 1. The van der Waals surface area contributed by atoms with Gasteiger partial charge in [-0.1, -0.05) is 25.1 Å². The molecule has 1 rings (SSSR count). The van der Waals surface area contributed by atoms with Gasteiger partial charge in [-0.3, -0.25) is 4.79 Å². The molecule has 0 fully saturated rings. The number of nitrogens with two attached hydrogens (primary N) is 1. The van der Waals surface area contributed by atoms with E-state index in [1.54, 1.807) is 0 Å². The van der Waals surface area contributed by atoms with E-state index in [0.717, 1.165) is 5.75 Å². The molecule has 1 aromatic rings. The van der Waals surface area contributed by atoms with Crippen molar-refractivity contribution in [3.63, 3.8) is 0 Å². The zero-order valence-corrected chi connectivity index (χ0v) is 10.3. The van der Waals surface area contributed by atoms with Crippen molar-refractivity contribution in [3.05, 3.63) is 30.3 Å². The number of para-hydroxylation sites is 1. The first-order chi connectivity index (χ1) is 8.11. The minimum absolute atomic E-state index is 0.0309. The normalized spacial score (nSPS) is 13.8. The molecule has 0 saturated carbocycles. The Morgan fingerprint density at radius 3 is 2.59 bits per heavy atom. The van der Waals surface area contributed by atoms with Gasteiger partial charge in [0.25, 0.3) is 0 Å². The highest BCUT2D eigenvalue weighted by molar-refractivity contribution is 5.78. The summed E-state index contributed by atoms with van der Waals surface area (Å²) in [5.74, 6) is 0.602. The minimum Gasteiger partial charge on any atom is -0.492 e. The summed E-state index contributed by atoms with van der Waals surface area (Å²) in [4.78, 5) is 11.5. The van der Waals surface area contributed by atoms with E-state index < -0.39 is 0 Å². The Morgan fingerprint density at radius 1 is 1.35 bits per heavy atom. The van der Waals surface area contributed by atoms with Crippen LogP contribution in [0.4, 0.5) is 0 Å². The molecule has 0 aromatic heterocycles.